The van der Waals surface area contributed by atoms with Gasteiger partial charge in [0.15, 0.2) is 5.78 Å². The summed E-state index contributed by atoms with van der Waals surface area (Å²) in [5.41, 5.74) is 7.08. The van der Waals surface area contributed by atoms with Crippen LogP contribution in [0.2, 0.25) is 0 Å². The third kappa shape index (κ3) is 4.66. The third-order valence-electron chi connectivity index (χ3n) is 7.06. The number of anilines is 1. The Morgan fingerprint density at radius 3 is 2.51 bits per heavy atom. The number of Topliss-reactive ketones (excluding diaryl/α,β-unsaturated/α-hetero) is 1. The van der Waals surface area contributed by atoms with Crippen LogP contribution in [0.3, 0.4) is 0 Å². The SMILES string of the molecule is CCc1ccccc1N1C(=O)CC(c2ccc(OCc3cccc(C)c3)cc2)C2=C1CCCC2=O. The van der Waals surface area contributed by atoms with Gasteiger partial charge in [0.2, 0.25) is 5.91 Å². The van der Waals surface area contributed by atoms with Crippen molar-refractivity contribution in [1.82, 2.24) is 0 Å². The molecule has 0 aromatic heterocycles. The molecule has 0 radical (unpaired) electrons. The minimum absolute atomic E-state index is 0.0594. The standard InChI is InChI=1S/C31H31NO3/c1-3-23-10-4-5-11-27(23)32-28-12-7-13-29(33)31(28)26(19-30(32)34)24-14-16-25(17-15-24)35-20-22-9-6-8-21(2)18-22/h4-6,8-11,14-18,26H,3,7,12-13,19-20H2,1-2H3. The van der Waals surface area contributed by atoms with Gasteiger partial charge in [-0.2, -0.15) is 0 Å². The van der Waals surface area contributed by atoms with Crippen LogP contribution in [0.1, 0.15) is 60.8 Å². The molecule has 2 aliphatic rings. The van der Waals surface area contributed by atoms with E-state index in [1.165, 1.54) is 5.56 Å². The van der Waals surface area contributed by atoms with Crippen molar-refractivity contribution in [1.29, 1.82) is 0 Å². The van der Waals surface area contributed by atoms with Gasteiger partial charge < -0.3 is 4.74 Å². The lowest BCUT2D eigenvalue weighted by molar-refractivity contribution is -0.119. The molecule has 1 aliphatic carbocycles. The Bertz CT molecular complexity index is 1290. The third-order valence-corrected chi connectivity index (χ3v) is 7.06. The fourth-order valence-corrected chi connectivity index (χ4v) is 5.35. The van der Waals surface area contributed by atoms with Gasteiger partial charge in [0.25, 0.3) is 0 Å². The highest BCUT2D eigenvalue weighted by Crippen LogP contribution is 2.44. The molecule has 0 bridgehead atoms. The molecule has 178 valence electrons. The molecule has 1 unspecified atom stereocenters. The molecule has 0 fully saturated rings. The minimum Gasteiger partial charge on any atom is -0.489 e. The second-order valence-electron chi connectivity index (χ2n) is 9.45. The minimum atomic E-state index is -0.207. The van der Waals surface area contributed by atoms with Gasteiger partial charge in [-0.15, -0.1) is 0 Å². The molecular weight excluding hydrogens is 434 g/mol. The van der Waals surface area contributed by atoms with Crippen molar-refractivity contribution < 1.29 is 14.3 Å². The number of para-hydroxylation sites is 1. The van der Waals surface area contributed by atoms with E-state index in [0.29, 0.717) is 19.4 Å². The predicted molar refractivity (Wildman–Crippen MR) is 139 cm³/mol. The van der Waals surface area contributed by atoms with Crippen molar-refractivity contribution >= 4 is 17.4 Å². The maximum Gasteiger partial charge on any atom is 0.232 e. The molecule has 4 heteroatoms. The molecule has 0 spiro atoms. The number of carbonyl (C=O) groups is 2. The first-order chi connectivity index (χ1) is 17.0. The lowest BCUT2D eigenvalue weighted by atomic mass is 9.77. The number of rotatable bonds is 6. The van der Waals surface area contributed by atoms with Crippen LogP contribution in [0.25, 0.3) is 0 Å². The fourth-order valence-electron chi connectivity index (χ4n) is 5.35. The number of nitrogens with zero attached hydrogens (tertiary/aromatic N) is 1. The zero-order chi connectivity index (χ0) is 24.4. The smallest absolute Gasteiger partial charge is 0.232 e. The lowest BCUT2D eigenvalue weighted by Gasteiger charge is -2.39. The van der Waals surface area contributed by atoms with Crippen molar-refractivity contribution in [3.05, 3.63) is 106 Å². The molecule has 1 heterocycles. The van der Waals surface area contributed by atoms with Crippen molar-refractivity contribution in [3.63, 3.8) is 0 Å². The summed E-state index contributed by atoms with van der Waals surface area (Å²) >= 11 is 0. The van der Waals surface area contributed by atoms with Crippen LogP contribution >= 0.6 is 0 Å². The first-order valence-electron chi connectivity index (χ1n) is 12.5. The number of benzene rings is 3. The van der Waals surface area contributed by atoms with E-state index < -0.39 is 0 Å². The van der Waals surface area contributed by atoms with E-state index >= 15 is 0 Å². The highest BCUT2D eigenvalue weighted by molar-refractivity contribution is 6.07. The number of amides is 1. The topological polar surface area (TPSA) is 46.6 Å². The van der Waals surface area contributed by atoms with E-state index in [1.54, 1.807) is 0 Å². The van der Waals surface area contributed by atoms with E-state index in [2.05, 4.69) is 38.1 Å². The summed E-state index contributed by atoms with van der Waals surface area (Å²) in [5, 5.41) is 0. The number of ether oxygens (including phenoxy) is 1. The summed E-state index contributed by atoms with van der Waals surface area (Å²) in [6.07, 6.45) is 3.22. The number of allylic oxidation sites excluding steroid dienone is 2. The number of hydrogen-bond acceptors (Lipinski definition) is 3. The number of hydrogen-bond donors (Lipinski definition) is 0. The molecule has 0 saturated heterocycles. The van der Waals surface area contributed by atoms with Crippen LogP contribution in [0.4, 0.5) is 5.69 Å². The van der Waals surface area contributed by atoms with Gasteiger partial charge in [-0.25, -0.2) is 0 Å². The first-order valence-corrected chi connectivity index (χ1v) is 12.5. The number of ketones is 1. The van der Waals surface area contributed by atoms with Crippen molar-refractivity contribution in [2.24, 2.45) is 0 Å². The van der Waals surface area contributed by atoms with Gasteiger partial charge in [-0.3, -0.25) is 14.5 Å². The van der Waals surface area contributed by atoms with E-state index in [0.717, 1.165) is 58.7 Å². The Kier molecular flexibility index (Phi) is 6.54. The van der Waals surface area contributed by atoms with Crippen molar-refractivity contribution in [2.75, 3.05) is 4.90 Å². The molecule has 1 amide bonds. The summed E-state index contributed by atoms with van der Waals surface area (Å²) in [7, 11) is 0. The Morgan fingerprint density at radius 2 is 1.74 bits per heavy atom. The Labute approximate surface area is 207 Å². The van der Waals surface area contributed by atoms with Gasteiger partial charge in [-0.1, -0.05) is 67.1 Å². The van der Waals surface area contributed by atoms with Crippen LogP contribution in [0.15, 0.2) is 84.1 Å². The average Bonchev–Trinajstić information content (AvgIpc) is 2.87. The molecule has 5 rings (SSSR count). The predicted octanol–water partition coefficient (Wildman–Crippen LogP) is 6.66. The van der Waals surface area contributed by atoms with Crippen LogP contribution in [-0.2, 0) is 22.6 Å². The summed E-state index contributed by atoms with van der Waals surface area (Å²) in [5.74, 6) is 0.799. The van der Waals surface area contributed by atoms with E-state index in [1.807, 2.05) is 53.4 Å². The molecule has 0 N–H and O–H groups in total. The van der Waals surface area contributed by atoms with E-state index in [4.69, 9.17) is 4.74 Å². The Balaban J connectivity index is 1.44. The quantitative estimate of drug-likeness (QED) is 0.409. The molecule has 0 saturated carbocycles. The summed E-state index contributed by atoms with van der Waals surface area (Å²) in [4.78, 5) is 28.5. The Hall–Kier alpha value is -3.66. The number of aryl methyl sites for hydroxylation is 2. The second kappa shape index (κ2) is 9.91. The van der Waals surface area contributed by atoms with Crippen LogP contribution in [-0.4, -0.2) is 11.7 Å². The maximum absolute atomic E-state index is 13.5. The average molecular weight is 466 g/mol. The first kappa shape index (κ1) is 23.1. The number of carbonyl (C=O) groups excluding carboxylic acids is 2. The van der Waals surface area contributed by atoms with Gasteiger partial charge in [-0.05, 0) is 61.1 Å². The largest absolute Gasteiger partial charge is 0.489 e. The maximum atomic E-state index is 13.5. The highest BCUT2D eigenvalue weighted by atomic mass is 16.5. The summed E-state index contributed by atoms with van der Waals surface area (Å²) in [6.45, 7) is 4.67. The monoisotopic (exact) mass is 465 g/mol. The van der Waals surface area contributed by atoms with E-state index in [9.17, 15) is 9.59 Å². The fraction of sp³-hybridized carbons (Fsp3) is 0.290. The van der Waals surface area contributed by atoms with Crippen LogP contribution in [0, 0.1) is 6.92 Å². The Morgan fingerprint density at radius 1 is 0.943 bits per heavy atom. The molecule has 3 aromatic carbocycles. The van der Waals surface area contributed by atoms with Crippen LogP contribution < -0.4 is 9.64 Å². The lowest BCUT2D eigenvalue weighted by Crippen LogP contribution is -2.41. The molecule has 1 aliphatic heterocycles. The van der Waals surface area contributed by atoms with Gasteiger partial charge in [0, 0.05) is 30.0 Å². The van der Waals surface area contributed by atoms with Crippen LogP contribution in [0.5, 0.6) is 5.75 Å². The molecule has 3 aromatic rings. The van der Waals surface area contributed by atoms with E-state index in [-0.39, 0.29) is 17.6 Å². The zero-order valence-electron chi connectivity index (χ0n) is 20.4. The second-order valence-corrected chi connectivity index (χ2v) is 9.45. The highest BCUT2D eigenvalue weighted by Gasteiger charge is 2.40. The summed E-state index contributed by atoms with van der Waals surface area (Å²) in [6, 6.07) is 24.2. The van der Waals surface area contributed by atoms with Crippen molar-refractivity contribution in [3.8, 4) is 5.75 Å². The molecule has 4 nitrogen and oxygen atoms in total. The van der Waals surface area contributed by atoms with Gasteiger partial charge >= 0.3 is 0 Å². The molecular formula is C31H31NO3. The molecule has 1 atom stereocenters. The molecule has 35 heavy (non-hydrogen) atoms. The zero-order valence-corrected chi connectivity index (χ0v) is 20.4. The van der Waals surface area contributed by atoms with Gasteiger partial charge in [0.1, 0.15) is 12.4 Å². The van der Waals surface area contributed by atoms with Crippen molar-refractivity contribution in [2.45, 2.75) is 58.5 Å². The summed E-state index contributed by atoms with van der Waals surface area (Å²) < 4.78 is 5.98. The normalized spacial score (nSPS) is 18.0. The van der Waals surface area contributed by atoms with Gasteiger partial charge in [0.05, 0.1) is 5.69 Å².